The number of hydrogen-bond donors (Lipinski definition) is 0. The number of hydrogen-bond acceptors (Lipinski definition) is 8. The Balaban J connectivity index is 1.22. The summed E-state index contributed by atoms with van der Waals surface area (Å²) in [6, 6.07) is 39.8. The van der Waals surface area contributed by atoms with E-state index in [4.69, 9.17) is 37.4 Å². The summed E-state index contributed by atoms with van der Waals surface area (Å²) in [6.45, 7) is 0.711. The highest BCUT2D eigenvalue weighted by Gasteiger charge is 2.39. The highest BCUT2D eigenvalue weighted by Crippen LogP contribution is 2.41. The topological polar surface area (TPSA) is 102 Å². The van der Waals surface area contributed by atoms with Crippen LogP contribution in [0.15, 0.2) is 143 Å². The zero-order valence-electron chi connectivity index (χ0n) is 32.1. The first kappa shape index (κ1) is 41.6. The van der Waals surface area contributed by atoms with Crippen LogP contribution in [0.1, 0.15) is 45.0 Å². The molecule has 0 saturated heterocycles. The number of sulfonamides is 2. The van der Waals surface area contributed by atoms with E-state index in [1.165, 1.54) is 17.5 Å². The van der Waals surface area contributed by atoms with E-state index in [0.717, 1.165) is 33.6 Å². The van der Waals surface area contributed by atoms with Gasteiger partial charge in [-0.15, -0.1) is 11.3 Å². The number of halogens is 2. The van der Waals surface area contributed by atoms with Crippen LogP contribution in [0.4, 0.5) is 0 Å². The molecule has 59 heavy (non-hydrogen) atoms. The van der Waals surface area contributed by atoms with Crippen molar-refractivity contribution in [3.63, 3.8) is 0 Å². The maximum absolute atomic E-state index is 15.2. The predicted octanol–water partition coefficient (Wildman–Crippen LogP) is 9.32. The monoisotopic (exact) mass is 888 g/mol. The Kier molecular flexibility index (Phi) is 12.6. The standard InChI is InChI=1S/C45H42Cl2N2O7S3/c1-54-39-22-36(23-40(24-39)58(50,51)48-26-33-16-8-9-18-35(33)28-55-29-37(48)20-31-12-4-2-5-13-31)44-41-19-11-10-17-34(41)27-49(59(52,53)42-25-43(46)57-45(42)47)38(30-56-44)21-32-14-6-3-7-15-32/h2-19,22-25,37-38,44H,20-21,26-30H2,1H3. The lowest BCUT2D eigenvalue weighted by molar-refractivity contribution is 0.0364. The van der Waals surface area contributed by atoms with Crippen LogP contribution in [0.2, 0.25) is 8.67 Å². The maximum atomic E-state index is 15.2. The van der Waals surface area contributed by atoms with Gasteiger partial charge in [0, 0.05) is 19.2 Å². The van der Waals surface area contributed by atoms with Crippen LogP contribution in [-0.2, 0) is 62.1 Å². The van der Waals surface area contributed by atoms with Gasteiger partial charge >= 0.3 is 0 Å². The lowest BCUT2D eigenvalue weighted by atomic mass is 9.94. The number of methoxy groups -OCH3 is 1. The summed E-state index contributed by atoms with van der Waals surface area (Å²) in [7, 11) is -6.88. The number of nitrogens with zero attached hydrogens (tertiary/aromatic N) is 2. The maximum Gasteiger partial charge on any atom is 0.246 e. The van der Waals surface area contributed by atoms with Gasteiger partial charge in [0.2, 0.25) is 20.0 Å². The van der Waals surface area contributed by atoms with E-state index in [9.17, 15) is 8.42 Å². The summed E-state index contributed by atoms with van der Waals surface area (Å²) >= 11 is 13.8. The van der Waals surface area contributed by atoms with Gasteiger partial charge in [0.15, 0.2) is 0 Å². The minimum absolute atomic E-state index is 0.00311. The summed E-state index contributed by atoms with van der Waals surface area (Å²) in [4.78, 5) is -0.0209. The molecule has 0 aliphatic carbocycles. The molecular formula is C45H42Cl2N2O7S3. The molecule has 0 N–H and O–H groups in total. The Labute approximate surface area is 359 Å². The van der Waals surface area contributed by atoms with Gasteiger partial charge in [0.25, 0.3) is 0 Å². The molecule has 14 heteroatoms. The van der Waals surface area contributed by atoms with Crippen LogP contribution < -0.4 is 4.74 Å². The minimum atomic E-state index is -4.21. The number of benzene rings is 5. The Morgan fingerprint density at radius 1 is 0.678 bits per heavy atom. The highest BCUT2D eigenvalue weighted by atomic mass is 35.5. The molecule has 0 saturated carbocycles. The molecule has 8 rings (SSSR count). The lowest BCUT2D eigenvalue weighted by Gasteiger charge is -2.36. The molecule has 1 aromatic heterocycles. The van der Waals surface area contributed by atoms with Crippen LogP contribution in [0, 0.1) is 0 Å². The molecule has 0 radical (unpaired) electrons. The smallest absolute Gasteiger partial charge is 0.246 e. The summed E-state index contributed by atoms with van der Waals surface area (Å²) in [5.74, 6) is 0.335. The van der Waals surface area contributed by atoms with Crippen molar-refractivity contribution in [2.45, 2.75) is 60.5 Å². The first-order valence-electron chi connectivity index (χ1n) is 19.1. The molecule has 6 aromatic rings. The number of thiophene rings is 1. The average Bonchev–Trinajstić information content (AvgIpc) is 3.59. The number of fused-ring (bicyclic) bond motifs is 2. The summed E-state index contributed by atoms with van der Waals surface area (Å²) in [5.41, 5.74) is 5.62. The molecule has 0 fully saturated rings. The van der Waals surface area contributed by atoms with Crippen LogP contribution in [0.25, 0.3) is 0 Å². The van der Waals surface area contributed by atoms with Gasteiger partial charge < -0.3 is 14.2 Å². The van der Waals surface area contributed by atoms with Crippen molar-refractivity contribution >= 4 is 54.6 Å². The third-order valence-electron chi connectivity index (χ3n) is 10.8. The quantitative estimate of drug-likeness (QED) is 0.135. The average molecular weight is 890 g/mol. The Morgan fingerprint density at radius 3 is 1.90 bits per heavy atom. The molecule has 3 atom stereocenters. The molecule has 306 valence electrons. The van der Waals surface area contributed by atoms with Gasteiger partial charge in [-0.2, -0.15) is 8.61 Å². The summed E-state index contributed by atoms with van der Waals surface area (Å²) in [6.07, 6.45) is 0.00113. The molecule has 0 amide bonds. The minimum Gasteiger partial charge on any atom is -0.497 e. The van der Waals surface area contributed by atoms with E-state index in [2.05, 4.69) is 0 Å². The summed E-state index contributed by atoms with van der Waals surface area (Å²) in [5, 5.41) is 0. The summed E-state index contributed by atoms with van der Waals surface area (Å²) < 4.78 is 81.6. The number of ether oxygens (including phenoxy) is 3. The predicted molar refractivity (Wildman–Crippen MR) is 231 cm³/mol. The van der Waals surface area contributed by atoms with E-state index in [1.807, 2.05) is 109 Å². The second-order valence-electron chi connectivity index (χ2n) is 14.6. The SMILES string of the molecule is COc1cc(C2OCC(Cc3ccccc3)N(S(=O)(=O)c3cc(Cl)sc3Cl)Cc3ccccc32)cc(S(=O)(=O)N2Cc3ccccc3COCC2Cc2ccccc2)c1. The number of rotatable bonds is 10. The fraction of sp³-hybridized carbons (Fsp3) is 0.244. The molecule has 3 heterocycles. The fourth-order valence-electron chi connectivity index (χ4n) is 7.86. The van der Waals surface area contributed by atoms with Crippen molar-refractivity contribution in [2.24, 2.45) is 0 Å². The third kappa shape index (κ3) is 9.02. The van der Waals surface area contributed by atoms with Gasteiger partial charge in [0.05, 0.1) is 48.2 Å². The molecule has 0 spiro atoms. The van der Waals surface area contributed by atoms with Crippen LogP contribution >= 0.6 is 34.5 Å². The van der Waals surface area contributed by atoms with E-state index in [1.54, 1.807) is 22.5 Å². The second kappa shape index (κ2) is 17.9. The molecule has 9 nitrogen and oxygen atoms in total. The zero-order valence-corrected chi connectivity index (χ0v) is 36.1. The van der Waals surface area contributed by atoms with Crippen molar-refractivity contribution in [1.82, 2.24) is 8.61 Å². The van der Waals surface area contributed by atoms with E-state index in [0.29, 0.717) is 41.9 Å². The molecule has 0 bridgehead atoms. The zero-order chi connectivity index (χ0) is 41.1. The van der Waals surface area contributed by atoms with Crippen molar-refractivity contribution in [1.29, 1.82) is 0 Å². The molecule has 2 aliphatic heterocycles. The normalized spacial score (nSPS) is 19.4. The first-order valence-corrected chi connectivity index (χ1v) is 23.6. The molecule has 2 aliphatic rings. The lowest BCUT2D eigenvalue weighted by Crippen LogP contribution is -2.45. The first-order chi connectivity index (χ1) is 28.5. The van der Waals surface area contributed by atoms with Crippen LogP contribution in [0.5, 0.6) is 5.75 Å². The second-order valence-corrected chi connectivity index (χ2v) is 20.6. The molecular weight excluding hydrogens is 848 g/mol. The molecule has 5 aromatic carbocycles. The Hall–Kier alpha value is -4.08. The van der Waals surface area contributed by atoms with Gasteiger partial charge in [-0.05, 0) is 70.0 Å². The van der Waals surface area contributed by atoms with Gasteiger partial charge in [-0.3, -0.25) is 0 Å². The fourth-order valence-corrected chi connectivity index (χ4v) is 13.2. The van der Waals surface area contributed by atoms with Crippen molar-refractivity contribution < 1.29 is 31.0 Å². The van der Waals surface area contributed by atoms with Crippen LogP contribution in [0.3, 0.4) is 0 Å². The van der Waals surface area contributed by atoms with Crippen molar-refractivity contribution in [3.8, 4) is 5.75 Å². The molecule has 3 unspecified atom stereocenters. The van der Waals surface area contributed by atoms with Crippen molar-refractivity contribution in [3.05, 3.63) is 181 Å². The van der Waals surface area contributed by atoms with E-state index < -0.39 is 38.2 Å². The highest BCUT2D eigenvalue weighted by molar-refractivity contribution is 7.89. The van der Waals surface area contributed by atoms with Gasteiger partial charge in [-0.25, -0.2) is 16.8 Å². The Bertz CT molecular complexity index is 2640. The van der Waals surface area contributed by atoms with Crippen LogP contribution in [-0.4, -0.2) is 57.9 Å². The van der Waals surface area contributed by atoms with Gasteiger partial charge in [0.1, 0.15) is 21.1 Å². The van der Waals surface area contributed by atoms with E-state index in [-0.39, 0.29) is 44.8 Å². The largest absolute Gasteiger partial charge is 0.497 e. The van der Waals surface area contributed by atoms with Crippen molar-refractivity contribution in [2.75, 3.05) is 20.3 Å². The van der Waals surface area contributed by atoms with Gasteiger partial charge in [-0.1, -0.05) is 132 Å². The van der Waals surface area contributed by atoms with E-state index >= 15 is 8.42 Å². The Morgan fingerprint density at radius 2 is 1.25 bits per heavy atom. The third-order valence-corrected chi connectivity index (χ3v) is 16.4.